The van der Waals surface area contributed by atoms with E-state index in [-0.39, 0.29) is 16.9 Å². The lowest BCUT2D eigenvalue weighted by Crippen LogP contribution is -2.30. The summed E-state index contributed by atoms with van der Waals surface area (Å²) in [6.45, 7) is 1.94. The molecule has 0 fully saturated rings. The minimum Gasteiger partial charge on any atom is -0.497 e. The monoisotopic (exact) mass is 572 g/mol. The molecule has 3 N–H and O–H groups in total. The lowest BCUT2D eigenvalue weighted by molar-refractivity contribution is -0.116. The number of thioether (sulfide) groups is 1. The van der Waals surface area contributed by atoms with Gasteiger partial charge >= 0.3 is 0 Å². The summed E-state index contributed by atoms with van der Waals surface area (Å²) in [6, 6.07) is 23.0. The first-order valence-corrected chi connectivity index (χ1v) is 14.2. The first-order valence-electron chi connectivity index (χ1n) is 12.5. The average Bonchev–Trinajstić information content (AvgIpc) is 3.49. The Labute approximate surface area is 240 Å². The zero-order chi connectivity index (χ0) is 28.3. The standard InChI is InChI=1S/C30H28N4O4S2/c1-3-26(29(37)34-30-31-16-17-39-30)40-24-11-7-10-22(19-24)32-28(36)25(18-20-12-14-23(38-2)15-13-20)33-27(35)21-8-5-4-6-9-21/h4-19,26H,3H2,1-2H3,(H,32,36)(H,33,35)(H,31,34,37)/b25-18+. The van der Waals surface area contributed by atoms with E-state index in [1.807, 2.05) is 19.1 Å². The maximum atomic E-state index is 13.4. The van der Waals surface area contributed by atoms with Crippen LogP contribution in [0.3, 0.4) is 0 Å². The maximum Gasteiger partial charge on any atom is 0.272 e. The summed E-state index contributed by atoms with van der Waals surface area (Å²) >= 11 is 2.76. The van der Waals surface area contributed by atoms with Crippen LogP contribution in [0.15, 0.2) is 101 Å². The second-order valence-electron chi connectivity index (χ2n) is 8.47. The van der Waals surface area contributed by atoms with E-state index in [0.29, 0.717) is 34.1 Å². The van der Waals surface area contributed by atoms with Gasteiger partial charge in [-0.25, -0.2) is 4.98 Å². The molecule has 0 bridgehead atoms. The van der Waals surface area contributed by atoms with Crippen LogP contribution in [-0.2, 0) is 9.59 Å². The molecule has 1 heterocycles. The van der Waals surface area contributed by atoms with Crippen LogP contribution in [0.1, 0.15) is 29.3 Å². The lowest BCUT2D eigenvalue weighted by Gasteiger charge is -2.15. The predicted molar refractivity (Wildman–Crippen MR) is 161 cm³/mol. The summed E-state index contributed by atoms with van der Waals surface area (Å²) in [6.07, 6.45) is 3.85. The van der Waals surface area contributed by atoms with E-state index < -0.39 is 11.8 Å². The molecule has 0 aliphatic heterocycles. The Bertz CT molecular complexity index is 1470. The smallest absolute Gasteiger partial charge is 0.272 e. The van der Waals surface area contributed by atoms with Crippen molar-refractivity contribution in [2.45, 2.75) is 23.5 Å². The number of nitrogens with zero attached hydrogens (tertiary/aromatic N) is 1. The summed E-state index contributed by atoms with van der Waals surface area (Å²) < 4.78 is 5.21. The number of thiazole rings is 1. The van der Waals surface area contributed by atoms with Gasteiger partial charge in [0.2, 0.25) is 5.91 Å². The zero-order valence-corrected chi connectivity index (χ0v) is 23.6. The first-order chi connectivity index (χ1) is 19.4. The Morgan fingerprint density at radius 1 is 1.00 bits per heavy atom. The SMILES string of the molecule is CCC(Sc1cccc(NC(=O)/C(=C\c2ccc(OC)cc2)NC(=O)c2ccccc2)c1)C(=O)Nc1nccs1. The fraction of sp³-hybridized carbons (Fsp3) is 0.133. The second-order valence-corrected chi connectivity index (χ2v) is 10.6. The van der Waals surface area contributed by atoms with E-state index in [4.69, 9.17) is 4.74 Å². The molecule has 8 nitrogen and oxygen atoms in total. The van der Waals surface area contributed by atoms with Gasteiger partial charge in [-0.1, -0.05) is 43.3 Å². The summed E-state index contributed by atoms with van der Waals surface area (Å²) in [4.78, 5) is 43.9. The Morgan fingerprint density at radius 2 is 1.77 bits per heavy atom. The third-order valence-corrected chi connectivity index (χ3v) is 7.70. The van der Waals surface area contributed by atoms with Crippen LogP contribution in [0.5, 0.6) is 5.75 Å². The zero-order valence-electron chi connectivity index (χ0n) is 21.9. The minimum atomic E-state index is -0.490. The minimum absolute atomic E-state index is 0.0753. The third kappa shape index (κ3) is 8.05. The topological polar surface area (TPSA) is 109 Å². The normalized spacial score (nSPS) is 11.8. The molecule has 1 atom stereocenters. The molecule has 3 aromatic carbocycles. The fourth-order valence-electron chi connectivity index (χ4n) is 3.61. The van der Waals surface area contributed by atoms with Gasteiger partial charge in [-0.2, -0.15) is 0 Å². The molecule has 0 saturated heterocycles. The van der Waals surface area contributed by atoms with Crippen LogP contribution in [0.2, 0.25) is 0 Å². The number of amides is 3. The van der Waals surface area contributed by atoms with E-state index in [9.17, 15) is 14.4 Å². The van der Waals surface area contributed by atoms with Crippen LogP contribution in [0, 0.1) is 0 Å². The average molecular weight is 573 g/mol. The van der Waals surface area contributed by atoms with Crippen LogP contribution in [0.25, 0.3) is 6.08 Å². The van der Waals surface area contributed by atoms with Gasteiger partial charge in [-0.3, -0.25) is 14.4 Å². The molecule has 0 aliphatic carbocycles. The van der Waals surface area contributed by atoms with E-state index >= 15 is 0 Å². The third-order valence-electron chi connectivity index (χ3n) is 5.65. The van der Waals surface area contributed by atoms with Crippen LogP contribution < -0.4 is 20.7 Å². The second kappa shape index (κ2) is 14.1. The molecule has 0 aliphatic rings. The predicted octanol–water partition coefficient (Wildman–Crippen LogP) is 6.07. The number of hydrogen-bond acceptors (Lipinski definition) is 7. The van der Waals surface area contributed by atoms with Gasteiger partial charge in [0.15, 0.2) is 5.13 Å². The van der Waals surface area contributed by atoms with E-state index in [2.05, 4.69) is 20.9 Å². The molecule has 1 aromatic heterocycles. The van der Waals surface area contributed by atoms with Gasteiger partial charge in [0.25, 0.3) is 11.8 Å². The van der Waals surface area contributed by atoms with Crippen molar-refractivity contribution in [3.8, 4) is 5.75 Å². The molecule has 204 valence electrons. The maximum absolute atomic E-state index is 13.4. The number of hydrogen-bond donors (Lipinski definition) is 3. The summed E-state index contributed by atoms with van der Waals surface area (Å²) in [7, 11) is 1.58. The van der Waals surface area contributed by atoms with Crippen molar-refractivity contribution >= 4 is 57.7 Å². The number of anilines is 2. The highest BCUT2D eigenvalue weighted by molar-refractivity contribution is 8.00. The van der Waals surface area contributed by atoms with Crippen molar-refractivity contribution < 1.29 is 19.1 Å². The number of ether oxygens (including phenoxy) is 1. The molecule has 4 rings (SSSR count). The number of aromatic nitrogens is 1. The Balaban J connectivity index is 1.51. The summed E-state index contributed by atoms with van der Waals surface area (Å²) in [5, 5.41) is 10.5. The highest BCUT2D eigenvalue weighted by Crippen LogP contribution is 2.29. The number of nitrogens with one attached hydrogen (secondary N) is 3. The number of benzene rings is 3. The van der Waals surface area contributed by atoms with Crippen LogP contribution in [-0.4, -0.2) is 35.1 Å². The molecule has 0 spiro atoms. The number of carbonyl (C=O) groups is 3. The number of methoxy groups -OCH3 is 1. The van der Waals surface area contributed by atoms with Gasteiger partial charge < -0.3 is 20.7 Å². The van der Waals surface area contributed by atoms with Gasteiger partial charge in [0.05, 0.1) is 12.4 Å². The van der Waals surface area contributed by atoms with E-state index in [1.54, 1.807) is 91.5 Å². The van der Waals surface area contributed by atoms with Crippen molar-refractivity contribution in [3.63, 3.8) is 0 Å². The molecule has 10 heteroatoms. The molecular weight excluding hydrogens is 544 g/mol. The number of carbonyl (C=O) groups excluding carboxylic acids is 3. The van der Waals surface area contributed by atoms with Crippen molar-refractivity contribution in [1.82, 2.24) is 10.3 Å². The van der Waals surface area contributed by atoms with Gasteiger partial charge in [-0.15, -0.1) is 23.1 Å². The van der Waals surface area contributed by atoms with Crippen LogP contribution in [0.4, 0.5) is 10.8 Å². The fourth-order valence-corrected chi connectivity index (χ4v) is 5.16. The first kappa shape index (κ1) is 28.6. The Morgan fingerprint density at radius 3 is 2.45 bits per heavy atom. The molecule has 4 aromatic rings. The summed E-state index contributed by atoms with van der Waals surface area (Å²) in [5.74, 6) is -0.352. The molecule has 40 heavy (non-hydrogen) atoms. The lowest BCUT2D eigenvalue weighted by atomic mass is 10.1. The molecular formula is C30H28N4O4S2. The van der Waals surface area contributed by atoms with Gasteiger partial charge in [0.1, 0.15) is 11.4 Å². The Kier molecular flexibility index (Phi) is 10.1. The molecule has 1 unspecified atom stereocenters. The largest absolute Gasteiger partial charge is 0.497 e. The molecule has 0 saturated carbocycles. The molecule has 0 radical (unpaired) electrons. The quantitative estimate of drug-likeness (QED) is 0.149. The van der Waals surface area contributed by atoms with Crippen molar-refractivity contribution in [2.75, 3.05) is 17.7 Å². The van der Waals surface area contributed by atoms with Gasteiger partial charge in [0, 0.05) is 27.7 Å². The highest BCUT2D eigenvalue weighted by Gasteiger charge is 2.20. The van der Waals surface area contributed by atoms with E-state index in [1.165, 1.54) is 23.1 Å². The highest BCUT2D eigenvalue weighted by atomic mass is 32.2. The number of rotatable bonds is 11. The molecule has 3 amide bonds. The van der Waals surface area contributed by atoms with Crippen LogP contribution >= 0.6 is 23.1 Å². The van der Waals surface area contributed by atoms with E-state index in [0.717, 1.165) is 4.90 Å². The van der Waals surface area contributed by atoms with Gasteiger partial charge in [-0.05, 0) is 60.5 Å². The van der Waals surface area contributed by atoms with Crippen molar-refractivity contribution in [2.24, 2.45) is 0 Å². The van der Waals surface area contributed by atoms with Crippen molar-refractivity contribution in [3.05, 3.63) is 107 Å². The summed E-state index contributed by atoms with van der Waals surface area (Å²) in [5.41, 5.74) is 1.74. The van der Waals surface area contributed by atoms with Crippen molar-refractivity contribution in [1.29, 1.82) is 0 Å². The Hall–Kier alpha value is -4.41.